The van der Waals surface area contributed by atoms with E-state index in [0.717, 1.165) is 24.2 Å². The van der Waals surface area contributed by atoms with Crippen LogP contribution in [0, 0.1) is 29.1 Å². The number of halogens is 6. The third-order valence-corrected chi connectivity index (χ3v) is 13.8. The summed E-state index contributed by atoms with van der Waals surface area (Å²) in [7, 11) is -14.2. The fourth-order valence-corrected chi connectivity index (χ4v) is 10.8. The lowest BCUT2D eigenvalue weighted by atomic mass is 9.45. The van der Waals surface area contributed by atoms with Crippen LogP contribution in [-0.2, 0) is 24.8 Å². The van der Waals surface area contributed by atoms with Gasteiger partial charge in [-0.2, -0.15) is 43.2 Å². The zero-order valence-corrected chi connectivity index (χ0v) is 26.0. The van der Waals surface area contributed by atoms with Gasteiger partial charge in [-0.25, -0.2) is 0 Å². The molecular formula is C28H30F6NO6S3+. The molecule has 0 aliphatic heterocycles. The molecule has 44 heavy (non-hydrogen) atoms. The molecule has 0 saturated heterocycles. The third-order valence-electron chi connectivity index (χ3n) is 8.97. The lowest BCUT2D eigenvalue weighted by Gasteiger charge is -2.61. The Bertz CT molecular complexity index is 1580. The van der Waals surface area contributed by atoms with Crippen molar-refractivity contribution in [3.8, 4) is 5.75 Å². The quantitative estimate of drug-likeness (QED) is 0.0958. The van der Waals surface area contributed by atoms with E-state index in [2.05, 4.69) is 0 Å². The summed E-state index contributed by atoms with van der Waals surface area (Å²) in [4.78, 5) is 1.36. The number of ether oxygens (including phenoxy) is 2. The first kappa shape index (κ1) is 32.9. The molecule has 0 aromatic heterocycles. The van der Waals surface area contributed by atoms with Crippen molar-refractivity contribution >= 4 is 37.7 Å². The molecule has 4 bridgehead atoms. The Morgan fingerprint density at radius 1 is 0.864 bits per heavy atom. The standard InChI is InChI=1S/C28H30F6NO6S3/c1-17-21-13-19-12-20(14-21)16-26(17,15-19)25(41-23-10-6-7-11-24(23)42-22-8-4-3-5-9-22)40-18(2)35(43(36,37)27(29,30)31)44(38,39)28(32,33)34/h3-11,17,19-21,25H,12-16H2,1-2H3/q+1. The maximum Gasteiger partial charge on any atom is 0.561 e. The maximum atomic E-state index is 13.6. The summed E-state index contributed by atoms with van der Waals surface area (Å²) in [5.41, 5.74) is -13.7. The first-order chi connectivity index (χ1) is 20.4. The van der Waals surface area contributed by atoms with Gasteiger partial charge in [-0.3, -0.25) is 0 Å². The molecule has 4 atom stereocenters. The summed E-state index contributed by atoms with van der Waals surface area (Å²) >= 11 is 1.29. The van der Waals surface area contributed by atoms with Crippen LogP contribution < -0.4 is 4.74 Å². The highest BCUT2D eigenvalue weighted by Crippen LogP contribution is 2.64. The molecule has 242 valence electrons. The lowest BCUT2D eigenvalue weighted by molar-refractivity contribution is -0.270. The fourth-order valence-electron chi connectivity index (χ4n) is 7.24. The molecule has 2 aromatic carbocycles. The summed E-state index contributed by atoms with van der Waals surface area (Å²) in [6, 6.07) is 15.7. The average Bonchev–Trinajstić information content (AvgIpc) is 2.91. The van der Waals surface area contributed by atoms with E-state index in [-0.39, 0.29) is 29.4 Å². The number of rotatable bonds is 8. The molecule has 2 aromatic rings. The van der Waals surface area contributed by atoms with Crippen LogP contribution in [-0.4, -0.2) is 43.4 Å². The molecule has 4 fully saturated rings. The van der Waals surface area contributed by atoms with E-state index in [9.17, 15) is 43.2 Å². The Hall–Kier alpha value is -2.46. The lowest BCUT2D eigenvalue weighted by Crippen LogP contribution is -2.59. The van der Waals surface area contributed by atoms with Crippen molar-refractivity contribution in [3.05, 3.63) is 54.6 Å². The highest BCUT2D eigenvalue weighted by molar-refractivity contribution is 7.99. The van der Waals surface area contributed by atoms with Gasteiger partial charge in [0.15, 0.2) is 0 Å². The molecule has 0 N–H and O–H groups in total. The second-order valence-corrected chi connectivity index (χ2v) is 16.6. The van der Waals surface area contributed by atoms with Gasteiger partial charge in [0.2, 0.25) is 0 Å². The van der Waals surface area contributed by atoms with Crippen LogP contribution in [0.5, 0.6) is 5.75 Å². The van der Waals surface area contributed by atoms with Gasteiger partial charge in [0.25, 0.3) is 6.29 Å². The van der Waals surface area contributed by atoms with Crippen LogP contribution in [0.15, 0.2) is 64.4 Å². The van der Waals surface area contributed by atoms with Crippen molar-refractivity contribution in [3.63, 3.8) is 0 Å². The number of para-hydroxylation sites is 1. The smallest absolute Gasteiger partial charge is 0.453 e. The predicted octanol–water partition coefficient (Wildman–Crippen LogP) is 7.15. The van der Waals surface area contributed by atoms with Crippen molar-refractivity contribution in [2.45, 2.75) is 73.0 Å². The topological polar surface area (TPSA) is 89.8 Å². The highest BCUT2D eigenvalue weighted by atomic mass is 32.3. The van der Waals surface area contributed by atoms with Crippen LogP contribution >= 0.6 is 11.8 Å². The van der Waals surface area contributed by atoms with E-state index in [1.165, 1.54) is 11.8 Å². The third kappa shape index (κ3) is 5.81. The van der Waals surface area contributed by atoms with E-state index < -0.39 is 52.1 Å². The minimum atomic E-state index is -7.11. The van der Waals surface area contributed by atoms with Gasteiger partial charge in [-0.05, 0) is 80.0 Å². The van der Waals surface area contributed by atoms with Crippen molar-refractivity contribution in [1.82, 2.24) is 0 Å². The van der Waals surface area contributed by atoms with Crippen LogP contribution in [0.25, 0.3) is 0 Å². The average molecular weight is 687 g/mol. The van der Waals surface area contributed by atoms with E-state index in [1.807, 2.05) is 37.3 Å². The van der Waals surface area contributed by atoms with E-state index in [0.29, 0.717) is 24.7 Å². The summed E-state index contributed by atoms with van der Waals surface area (Å²) in [6.45, 7) is 2.37. The monoisotopic (exact) mass is 686 g/mol. The predicted molar refractivity (Wildman–Crippen MR) is 149 cm³/mol. The molecule has 6 rings (SSSR count). The summed E-state index contributed by atoms with van der Waals surface area (Å²) in [5.74, 6) is -1.05. The minimum Gasteiger partial charge on any atom is -0.453 e. The first-order valence-corrected chi connectivity index (χ1v) is 17.5. The van der Waals surface area contributed by atoms with Crippen molar-refractivity contribution in [2.24, 2.45) is 29.1 Å². The second kappa shape index (κ2) is 11.4. The number of benzene rings is 2. The minimum absolute atomic E-state index is 0.172. The van der Waals surface area contributed by atoms with Gasteiger partial charge in [-0.15, -0.1) is 0 Å². The SMILES string of the molecule is CC(OC(Oc1ccccc1Sc1ccccc1)C12CC3CC(CC(C3)C1C)C2)=[N+](S(=O)(=O)C(F)(F)F)S(=O)(=O)C(F)(F)F. The number of hydrogen-bond acceptors (Lipinski definition) is 7. The van der Waals surface area contributed by atoms with E-state index >= 15 is 0 Å². The summed E-state index contributed by atoms with van der Waals surface area (Å²) in [6.07, 6.45) is 2.00. The summed E-state index contributed by atoms with van der Waals surface area (Å²) < 4.78 is 142. The molecule has 4 aliphatic rings. The molecule has 0 radical (unpaired) electrons. The highest BCUT2D eigenvalue weighted by Gasteiger charge is 2.69. The molecule has 4 unspecified atom stereocenters. The van der Waals surface area contributed by atoms with Crippen LogP contribution in [0.1, 0.15) is 46.0 Å². The van der Waals surface area contributed by atoms with Crippen LogP contribution in [0.3, 0.4) is 0 Å². The van der Waals surface area contributed by atoms with Crippen molar-refractivity contribution in [1.29, 1.82) is 0 Å². The summed E-state index contributed by atoms with van der Waals surface area (Å²) in [5, 5.41) is 0. The van der Waals surface area contributed by atoms with Gasteiger partial charge in [0.1, 0.15) is 5.75 Å². The van der Waals surface area contributed by atoms with Crippen molar-refractivity contribution in [2.75, 3.05) is 0 Å². The van der Waals surface area contributed by atoms with Crippen LogP contribution in [0.4, 0.5) is 26.3 Å². The fraction of sp³-hybridized carbons (Fsp3) is 0.536. The molecule has 7 nitrogen and oxygen atoms in total. The number of hydrogen-bond donors (Lipinski definition) is 0. The molecular weight excluding hydrogens is 656 g/mol. The number of nitrogens with zero attached hydrogens (tertiary/aromatic N) is 1. The Morgan fingerprint density at radius 3 is 1.93 bits per heavy atom. The van der Waals surface area contributed by atoms with E-state index in [1.54, 1.807) is 24.3 Å². The molecule has 4 aliphatic carbocycles. The Labute approximate surface area is 255 Å². The van der Waals surface area contributed by atoms with Gasteiger partial charge < -0.3 is 9.47 Å². The van der Waals surface area contributed by atoms with Crippen LogP contribution in [0.2, 0.25) is 0 Å². The zero-order valence-electron chi connectivity index (χ0n) is 23.5. The molecule has 0 heterocycles. The largest absolute Gasteiger partial charge is 0.561 e. The Kier molecular flexibility index (Phi) is 8.53. The number of sulfonamides is 2. The first-order valence-electron chi connectivity index (χ1n) is 13.8. The zero-order chi connectivity index (χ0) is 32.3. The van der Waals surface area contributed by atoms with Gasteiger partial charge in [-0.1, -0.05) is 49.0 Å². The van der Waals surface area contributed by atoms with Crippen molar-refractivity contribution < 1.29 is 56.0 Å². The van der Waals surface area contributed by atoms with Gasteiger partial charge >= 0.3 is 37.0 Å². The Morgan fingerprint density at radius 2 is 1.39 bits per heavy atom. The number of alkyl halides is 6. The normalized spacial score (nSPS) is 27.5. The van der Waals surface area contributed by atoms with Gasteiger partial charge in [0.05, 0.1) is 11.8 Å². The Balaban J connectivity index is 1.65. The molecule has 0 spiro atoms. The molecule has 0 amide bonds. The molecule has 16 heteroatoms. The van der Waals surface area contributed by atoms with Gasteiger partial charge in [0, 0.05) is 13.7 Å². The maximum absolute atomic E-state index is 13.6. The molecule has 4 saturated carbocycles. The van der Waals surface area contributed by atoms with E-state index in [4.69, 9.17) is 9.47 Å². The second-order valence-electron chi connectivity index (χ2n) is 11.7.